The molecule has 0 aliphatic carbocycles. The second-order valence-corrected chi connectivity index (χ2v) is 6.15. The Morgan fingerprint density at radius 2 is 2.00 bits per heavy atom. The lowest BCUT2D eigenvalue weighted by Crippen LogP contribution is -2.32. The maximum absolute atomic E-state index is 13.5. The molecular weight excluding hydrogens is 318 g/mol. The van der Waals surface area contributed by atoms with Crippen molar-refractivity contribution in [2.75, 3.05) is 20.1 Å². The first kappa shape index (κ1) is 14.5. The van der Waals surface area contributed by atoms with E-state index in [1.54, 1.807) is 0 Å². The van der Waals surface area contributed by atoms with Crippen molar-refractivity contribution in [3.8, 4) is 0 Å². The molecule has 4 nitrogen and oxygen atoms in total. The molecule has 0 aliphatic rings. The summed E-state index contributed by atoms with van der Waals surface area (Å²) in [6.07, 6.45) is 0. The Kier molecular flexibility index (Phi) is 4.59. The number of rotatable bonds is 4. The second kappa shape index (κ2) is 5.38. The Hall–Kier alpha value is -0.570. The van der Waals surface area contributed by atoms with Crippen molar-refractivity contribution in [2.45, 2.75) is 4.90 Å². The number of sulfonamides is 1. The van der Waals surface area contributed by atoms with E-state index in [1.165, 1.54) is 7.05 Å². The van der Waals surface area contributed by atoms with Crippen molar-refractivity contribution in [1.82, 2.24) is 4.31 Å². The van der Waals surface area contributed by atoms with E-state index < -0.39 is 26.6 Å². The third-order valence-electron chi connectivity index (χ3n) is 2.08. The summed E-state index contributed by atoms with van der Waals surface area (Å²) in [5, 5.41) is 0. The standard InChI is InChI=1S/C9H11BrF2N2O2S/c1-14(3-2-13)17(15,16)9-7(10)4-6(11)5-8(9)12/h4-5H,2-3,13H2,1H3. The lowest BCUT2D eigenvalue weighted by atomic mass is 10.3. The van der Waals surface area contributed by atoms with Crippen LogP contribution in [0.4, 0.5) is 8.78 Å². The number of nitrogens with two attached hydrogens (primary N) is 1. The largest absolute Gasteiger partial charge is 0.329 e. The van der Waals surface area contributed by atoms with Crippen LogP contribution in [0.1, 0.15) is 0 Å². The van der Waals surface area contributed by atoms with Gasteiger partial charge >= 0.3 is 0 Å². The fraction of sp³-hybridized carbons (Fsp3) is 0.333. The molecule has 0 amide bonds. The predicted octanol–water partition coefficient (Wildman–Crippen LogP) is 1.31. The molecule has 17 heavy (non-hydrogen) atoms. The summed E-state index contributed by atoms with van der Waals surface area (Å²) >= 11 is 2.84. The molecule has 8 heteroatoms. The minimum atomic E-state index is -4.01. The van der Waals surface area contributed by atoms with Crippen LogP contribution in [0.25, 0.3) is 0 Å². The summed E-state index contributed by atoms with van der Waals surface area (Å²) in [5.41, 5.74) is 5.23. The second-order valence-electron chi connectivity index (χ2n) is 3.31. The molecule has 96 valence electrons. The molecule has 0 spiro atoms. The maximum atomic E-state index is 13.5. The molecule has 0 bridgehead atoms. The van der Waals surface area contributed by atoms with E-state index in [0.29, 0.717) is 6.07 Å². The van der Waals surface area contributed by atoms with Crippen LogP contribution in [0.15, 0.2) is 21.5 Å². The maximum Gasteiger partial charge on any atom is 0.246 e. The van der Waals surface area contributed by atoms with Crippen LogP contribution in [-0.2, 0) is 10.0 Å². The number of halogens is 3. The van der Waals surface area contributed by atoms with Gasteiger partial charge in [-0.1, -0.05) is 0 Å². The third-order valence-corrected chi connectivity index (χ3v) is 4.90. The summed E-state index contributed by atoms with van der Waals surface area (Å²) in [4.78, 5) is -0.588. The van der Waals surface area contributed by atoms with Gasteiger partial charge in [0.1, 0.15) is 16.5 Å². The first-order chi connectivity index (χ1) is 7.80. The van der Waals surface area contributed by atoms with Gasteiger partial charge in [-0.25, -0.2) is 17.2 Å². The highest BCUT2D eigenvalue weighted by Crippen LogP contribution is 2.28. The molecule has 0 saturated carbocycles. The van der Waals surface area contributed by atoms with Crippen molar-refractivity contribution >= 4 is 26.0 Å². The van der Waals surface area contributed by atoms with Crippen molar-refractivity contribution < 1.29 is 17.2 Å². The molecule has 1 aromatic rings. The lowest BCUT2D eigenvalue weighted by molar-refractivity contribution is 0.467. The van der Waals surface area contributed by atoms with E-state index >= 15 is 0 Å². The highest BCUT2D eigenvalue weighted by atomic mass is 79.9. The smallest absolute Gasteiger partial charge is 0.246 e. The van der Waals surface area contributed by atoms with Gasteiger partial charge in [0.2, 0.25) is 10.0 Å². The molecular formula is C9H11BrF2N2O2S. The number of likely N-dealkylation sites (N-methyl/N-ethyl adjacent to an activating group) is 1. The van der Waals surface area contributed by atoms with Gasteiger partial charge in [0, 0.05) is 30.7 Å². The molecule has 0 unspecified atom stereocenters. The van der Waals surface area contributed by atoms with Gasteiger partial charge in [-0.05, 0) is 22.0 Å². The number of nitrogens with zero attached hydrogens (tertiary/aromatic N) is 1. The van der Waals surface area contributed by atoms with Crippen molar-refractivity contribution in [1.29, 1.82) is 0 Å². The summed E-state index contributed by atoms with van der Waals surface area (Å²) in [5.74, 6) is -1.99. The molecule has 0 heterocycles. The first-order valence-corrected chi connectivity index (χ1v) is 6.85. The molecule has 0 aliphatic heterocycles. The van der Waals surface area contributed by atoms with Crippen LogP contribution in [0, 0.1) is 11.6 Å². The highest BCUT2D eigenvalue weighted by molar-refractivity contribution is 9.10. The molecule has 1 aromatic carbocycles. The van der Waals surface area contributed by atoms with Gasteiger partial charge in [0.25, 0.3) is 0 Å². The van der Waals surface area contributed by atoms with Crippen LogP contribution in [0.2, 0.25) is 0 Å². The quantitative estimate of drug-likeness (QED) is 0.906. The minimum absolute atomic E-state index is 0.0472. The molecule has 0 saturated heterocycles. The number of hydrogen-bond donors (Lipinski definition) is 1. The molecule has 0 aromatic heterocycles. The van der Waals surface area contributed by atoms with E-state index in [4.69, 9.17) is 5.73 Å². The Morgan fingerprint density at radius 3 is 2.47 bits per heavy atom. The lowest BCUT2D eigenvalue weighted by Gasteiger charge is -2.17. The zero-order valence-electron chi connectivity index (χ0n) is 8.95. The van der Waals surface area contributed by atoms with Crippen LogP contribution in [-0.4, -0.2) is 32.9 Å². The number of hydrogen-bond acceptors (Lipinski definition) is 3. The number of benzene rings is 1. The summed E-state index contributed by atoms with van der Waals surface area (Å²) in [6.45, 7) is 0.155. The highest BCUT2D eigenvalue weighted by Gasteiger charge is 2.27. The van der Waals surface area contributed by atoms with E-state index in [2.05, 4.69) is 15.9 Å². The summed E-state index contributed by atoms with van der Waals surface area (Å²) < 4.78 is 51.0. The SMILES string of the molecule is CN(CCN)S(=O)(=O)c1c(F)cc(F)cc1Br. The zero-order valence-corrected chi connectivity index (χ0v) is 11.4. The van der Waals surface area contributed by atoms with Gasteiger partial charge in [0.05, 0.1) is 0 Å². The molecule has 0 radical (unpaired) electrons. The van der Waals surface area contributed by atoms with Crippen LogP contribution in [0.5, 0.6) is 0 Å². The van der Waals surface area contributed by atoms with E-state index in [1.807, 2.05) is 0 Å². The zero-order chi connectivity index (χ0) is 13.2. The van der Waals surface area contributed by atoms with Crippen molar-refractivity contribution in [3.05, 3.63) is 28.2 Å². The van der Waals surface area contributed by atoms with Gasteiger partial charge in [-0.15, -0.1) is 0 Å². The molecule has 1 rings (SSSR count). The van der Waals surface area contributed by atoms with Gasteiger partial charge in [-0.3, -0.25) is 0 Å². The fourth-order valence-corrected chi connectivity index (χ4v) is 3.52. The van der Waals surface area contributed by atoms with E-state index in [9.17, 15) is 17.2 Å². The van der Waals surface area contributed by atoms with Gasteiger partial charge in [-0.2, -0.15) is 4.31 Å². The molecule has 0 fully saturated rings. The normalized spacial score (nSPS) is 12.1. The van der Waals surface area contributed by atoms with Gasteiger partial charge in [0.15, 0.2) is 0 Å². The Morgan fingerprint density at radius 1 is 1.41 bits per heavy atom. The third kappa shape index (κ3) is 3.01. The predicted molar refractivity (Wildman–Crippen MR) is 62.9 cm³/mol. The first-order valence-electron chi connectivity index (χ1n) is 4.61. The van der Waals surface area contributed by atoms with Crippen LogP contribution >= 0.6 is 15.9 Å². The average molecular weight is 329 g/mol. The van der Waals surface area contributed by atoms with Crippen LogP contribution < -0.4 is 5.73 Å². The van der Waals surface area contributed by atoms with E-state index in [-0.39, 0.29) is 17.6 Å². The van der Waals surface area contributed by atoms with Crippen molar-refractivity contribution in [2.24, 2.45) is 5.73 Å². The minimum Gasteiger partial charge on any atom is -0.329 e. The summed E-state index contributed by atoms with van der Waals surface area (Å²) in [6, 6.07) is 1.42. The fourth-order valence-electron chi connectivity index (χ4n) is 1.23. The Labute approximate surface area is 107 Å². The van der Waals surface area contributed by atoms with Crippen molar-refractivity contribution in [3.63, 3.8) is 0 Å². The molecule has 0 atom stereocenters. The van der Waals surface area contributed by atoms with E-state index in [0.717, 1.165) is 10.4 Å². The topological polar surface area (TPSA) is 63.4 Å². The van der Waals surface area contributed by atoms with Crippen LogP contribution in [0.3, 0.4) is 0 Å². The Bertz CT molecular complexity index is 499. The monoisotopic (exact) mass is 328 g/mol. The molecule has 2 N–H and O–H groups in total. The average Bonchev–Trinajstić information content (AvgIpc) is 2.15. The summed E-state index contributed by atoms with van der Waals surface area (Å²) in [7, 11) is -2.74. The Balaban J connectivity index is 3.34. The van der Waals surface area contributed by atoms with Gasteiger partial charge < -0.3 is 5.73 Å².